The molecule has 0 saturated carbocycles. The van der Waals surface area contributed by atoms with Gasteiger partial charge in [0.15, 0.2) is 0 Å². The second-order valence-electron chi connectivity index (χ2n) is 10.1. The number of fused-ring (bicyclic) bond motifs is 2. The zero-order valence-corrected chi connectivity index (χ0v) is 22.0. The minimum Gasteiger partial charge on any atom is -0.327 e. The molecule has 188 valence electrons. The Morgan fingerprint density at radius 3 is 2.59 bits per heavy atom. The molecule has 1 aromatic heterocycles. The highest BCUT2D eigenvalue weighted by Crippen LogP contribution is 2.24. The van der Waals surface area contributed by atoms with Gasteiger partial charge in [0.1, 0.15) is 12.6 Å². The van der Waals surface area contributed by atoms with E-state index < -0.39 is 6.04 Å². The molecule has 0 N–H and O–H groups in total. The first-order chi connectivity index (χ1) is 18.1. The molecule has 2 aromatic carbocycles. The number of hydrogen-bond donors (Lipinski definition) is 0. The average molecular weight is 510 g/mol. The van der Waals surface area contributed by atoms with Crippen LogP contribution in [-0.2, 0) is 29.1 Å². The summed E-state index contributed by atoms with van der Waals surface area (Å²) >= 11 is 1.92. The molecule has 37 heavy (non-hydrogen) atoms. The van der Waals surface area contributed by atoms with Crippen LogP contribution in [-0.4, -0.2) is 58.7 Å². The maximum Gasteiger partial charge on any atom is 0.247 e. The van der Waals surface area contributed by atoms with Crippen LogP contribution in [0, 0.1) is 12.1 Å². The van der Waals surface area contributed by atoms with Crippen LogP contribution >= 0.6 is 11.3 Å². The van der Waals surface area contributed by atoms with Gasteiger partial charge in [0.05, 0.1) is 0 Å². The number of aryl methyl sites for hydroxylation is 1. The molecule has 3 heterocycles. The molecular formula is C31H31N3O2S. The Balaban J connectivity index is 1.17. The highest BCUT2D eigenvalue weighted by molar-refractivity contribution is 7.10. The lowest BCUT2D eigenvalue weighted by Gasteiger charge is -2.46. The molecule has 0 radical (unpaired) electrons. The van der Waals surface area contributed by atoms with Crippen LogP contribution in [0.4, 0.5) is 0 Å². The van der Waals surface area contributed by atoms with Crippen molar-refractivity contribution in [2.24, 2.45) is 0 Å². The van der Waals surface area contributed by atoms with Gasteiger partial charge in [0.2, 0.25) is 11.8 Å². The van der Waals surface area contributed by atoms with Crippen molar-refractivity contribution in [2.45, 2.75) is 45.3 Å². The summed E-state index contributed by atoms with van der Waals surface area (Å²) in [4.78, 5) is 34.0. The van der Waals surface area contributed by atoms with E-state index in [9.17, 15) is 9.59 Å². The van der Waals surface area contributed by atoms with E-state index in [0.29, 0.717) is 19.6 Å². The van der Waals surface area contributed by atoms with Gasteiger partial charge in [-0.15, -0.1) is 11.3 Å². The highest BCUT2D eigenvalue weighted by Gasteiger charge is 2.42. The van der Waals surface area contributed by atoms with Crippen LogP contribution in [0.3, 0.4) is 0 Å². The van der Waals surface area contributed by atoms with Crippen molar-refractivity contribution in [1.29, 1.82) is 0 Å². The van der Waals surface area contributed by atoms with E-state index in [1.54, 1.807) is 4.90 Å². The molecule has 0 spiro atoms. The summed E-state index contributed by atoms with van der Waals surface area (Å²) in [5, 5.41) is 1.40. The average Bonchev–Trinajstić information content (AvgIpc) is 3.30. The summed E-state index contributed by atoms with van der Waals surface area (Å²) in [6.07, 6.45) is 8.00. The first-order valence-corrected chi connectivity index (χ1v) is 14.0. The van der Waals surface area contributed by atoms with Gasteiger partial charge in [0.25, 0.3) is 0 Å². The number of hydrogen-bond acceptors (Lipinski definition) is 4. The zero-order valence-electron chi connectivity index (χ0n) is 21.2. The number of amides is 2. The second-order valence-corrected chi connectivity index (χ2v) is 11.2. The number of benzene rings is 1. The normalized spacial score (nSPS) is 19.5. The smallest absolute Gasteiger partial charge is 0.247 e. The fraction of sp³-hybridized carbons (Fsp3) is 0.355. The lowest BCUT2D eigenvalue weighted by Crippen LogP contribution is -2.66. The van der Waals surface area contributed by atoms with Crippen LogP contribution in [0.1, 0.15) is 35.8 Å². The van der Waals surface area contributed by atoms with Gasteiger partial charge in [-0.2, -0.15) is 0 Å². The molecule has 3 aliphatic rings. The van der Waals surface area contributed by atoms with E-state index in [1.807, 2.05) is 46.6 Å². The minimum atomic E-state index is -0.402. The first-order valence-electron chi connectivity index (χ1n) is 13.2. The van der Waals surface area contributed by atoms with Crippen molar-refractivity contribution >= 4 is 35.3 Å². The lowest BCUT2D eigenvalue weighted by molar-refractivity contribution is -0.160. The number of thiophene rings is 1. The summed E-state index contributed by atoms with van der Waals surface area (Å²) in [6, 6.07) is 19.5. The van der Waals surface area contributed by atoms with E-state index in [1.165, 1.54) is 20.2 Å². The van der Waals surface area contributed by atoms with Crippen LogP contribution < -0.4 is 9.75 Å². The quantitative estimate of drug-likeness (QED) is 0.513. The Bertz CT molecular complexity index is 1430. The second kappa shape index (κ2) is 10.2. The third-order valence-electron chi connectivity index (χ3n) is 7.73. The number of carbonyl (C=O) groups excluding carboxylic acids is 2. The van der Waals surface area contributed by atoms with Crippen molar-refractivity contribution in [1.82, 2.24) is 14.7 Å². The van der Waals surface area contributed by atoms with Crippen LogP contribution in [0.2, 0.25) is 0 Å². The standard InChI is InChI=1S/C31H31N3O2S/c1-2-28-26(25-10-6-7-11-29(25)37-28)19-32-16-17-34-27(20-32)31(36)33(21-30(34)35)18-22-12-14-24(15-13-22)23-8-4-3-5-9-23/h4,8-15,27H,2,6-7,16-21H2,1H3. The Morgan fingerprint density at radius 2 is 1.81 bits per heavy atom. The molecule has 2 saturated heterocycles. The summed E-state index contributed by atoms with van der Waals surface area (Å²) in [7, 11) is 0. The maximum atomic E-state index is 13.6. The number of nitrogens with zero attached hydrogens (tertiary/aromatic N) is 3. The molecule has 2 amide bonds. The van der Waals surface area contributed by atoms with Crippen LogP contribution in [0.25, 0.3) is 23.3 Å². The molecule has 5 nitrogen and oxygen atoms in total. The van der Waals surface area contributed by atoms with Crippen molar-refractivity contribution < 1.29 is 9.59 Å². The lowest BCUT2D eigenvalue weighted by atomic mass is 10.0. The predicted molar refractivity (Wildman–Crippen MR) is 147 cm³/mol. The van der Waals surface area contributed by atoms with Gasteiger partial charge < -0.3 is 9.80 Å². The largest absolute Gasteiger partial charge is 0.327 e. The molecule has 2 fully saturated rings. The molecule has 6 rings (SSSR count). The number of rotatable bonds is 6. The summed E-state index contributed by atoms with van der Waals surface area (Å²) < 4.78 is 1.40. The Labute approximate surface area is 222 Å². The topological polar surface area (TPSA) is 43.9 Å². The Hall–Kier alpha value is -3.40. The Kier molecular flexibility index (Phi) is 6.58. The van der Waals surface area contributed by atoms with E-state index in [4.69, 9.17) is 0 Å². The Morgan fingerprint density at radius 1 is 0.973 bits per heavy atom. The SMILES string of the molecule is CCc1sc2c(c1CN1CCN3C(=O)CN(Cc4ccc(-c5cc#ccc5)cc4)C(=O)C3C1)=CCCC=2. The van der Waals surface area contributed by atoms with Crippen molar-refractivity contribution in [2.75, 3.05) is 26.2 Å². The third kappa shape index (κ3) is 4.70. The van der Waals surface area contributed by atoms with Gasteiger partial charge in [-0.3, -0.25) is 14.5 Å². The third-order valence-corrected chi connectivity index (χ3v) is 9.12. The summed E-state index contributed by atoms with van der Waals surface area (Å²) in [5.41, 5.74) is 4.64. The van der Waals surface area contributed by atoms with Crippen molar-refractivity contribution in [3.8, 4) is 11.1 Å². The van der Waals surface area contributed by atoms with E-state index in [-0.39, 0.29) is 18.4 Å². The molecule has 1 aliphatic carbocycles. The van der Waals surface area contributed by atoms with Gasteiger partial charge in [-0.1, -0.05) is 55.5 Å². The monoisotopic (exact) mass is 509 g/mol. The van der Waals surface area contributed by atoms with Crippen molar-refractivity contribution in [3.05, 3.63) is 80.4 Å². The molecule has 1 atom stereocenters. The molecule has 6 heteroatoms. The molecular weight excluding hydrogens is 478 g/mol. The summed E-state index contributed by atoms with van der Waals surface area (Å²) in [6.45, 7) is 5.70. The molecule has 3 aromatic rings. The highest BCUT2D eigenvalue weighted by atomic mass is 32.1. The van der Waals surface area contributed by atoms with E-state index in [2.05, 4.69) is 48.2 Å². The molecule has 1 unspecified atom stereocenters. The van der Waals surface area contributed by atoms with Gasteiger partial charge in [-0.05, 0) is 64.9 Å². The molecule has 0 bridgehead atoms. The predicted octanol–water partition coefficient (Wildman–Crippen LogP) is 2.99. The van der Waals surface area contributed by atoms with E-state index >= 15 is 0 Å². The van der Waals surface area contributed by atoms with Gasteiger partial charge >= 0.3 is 0 Å². The fourth-order valence-corrected chi connectivity index (χ4v) is 6.99. The zero-order chi connectivity index (χ0) is 25.4. The van der Waals surface area contributed by atoms with Gasteiger partial charge in [-0.25, -0.2) is 0 Å². The maximum absolute atomic E-state index is 13.6. The van der Waals surface area contributed by atoms with Crippen LogP contribution in [0.15, 0.2) is 42.5 Å². The van der Waals surface area contributed by atoms with Gasteiger partial charge in [0, 0.05) is 42.1 Å². The number of piperazine rings is 2. The number of carbonyl (C=O) groups is 2. The van der Waals surface area contributed by atoms with Crippen molar-refractivity contribution in [3.63, 3.8) is 0 Å². The summed E-state index contributed by atoms with van der Waals surface area (Å²) in [5.74, 6) is 0.117. The first kappa shape index (κ1) is 24.0. The molecule has 2 aliphatic heterocycles. The van der Waals surface area contributed by atoms with E-state index in [0.717, 1.165) is 49.0 Å². The fourth-order valence-electron chi connectivity index (χ4n) is 5.77. The minimum absolute atomic E-state index is 0.0574. The van der Waals surface area contributed by atoms with Crippen LogP contribution in [0.5, 0.6) is 0 Å².